The van der Waals surface area contributed by atoms with E-state index >= 15 is 0 Å². The third kappa shape index (κ3) is 2.40. The molecule has 1 aliphatic rings. The van der Waals surface area contributed by atoms with E-state index in [1.807, 2.05) is 13.8 Å². The predicted octanol–water partition coefficient (Wildman–Crippen LogP) is 3.78. The number of aromatic nitrogens is 1. The molecule has 0 aromatic carbocycles. The molecule has 1 fully saturated rings. The molecule has 1 saturated heterocycles. The Labute approximate surface area is 119 Å². The first kappa shape index (κ1) is 13.4. The maximum absolute atomic E-state index is 5.84. The molecule has 3 rings (SSSR count). The van der Waals surface area contributed by atoms with Gasteiger partial charge in [0.2, 0.25) is 0 Å². The molecule has 0 radical (unpaired) electrons. The molecule has 0 bridgehead atoms. The molecule has 0 aliphatic carbocycles. The lowest BCUT2D eigenvalue weighted by molar-refractivity contribution is 0.224. The zero-order valence-electron chi connectivity index (χ0n) is 12.5. The van der Waals surface area contributed by atoms with Crippen molar-refractivity contribution in [2.24, 2.45) is 0 Å². The van der Waals surface area contributed by atoms with E-state index < -0.39 is 0 Å². The van der Waals surface area contributed by atoms with Crippen molar-refractivity contribution in [2.75, 3.05) is 6.54 Å². The highest BCUT2D eigenvalue weighted by atomic mass is 16.5. The Morgan fingerprint density at radius 2 is 2.10 bits per heavy atom. The summed E-state index contributed by atoms with van der Waals surface area (Å²) in [6.07, 6.45) is 3.34. The summed E-state index contributed by atoms with van der Waals surface area (Å²) in [4.78, 5) is 2.48. The molecular formula is C16H22N2O2. The van der Waals surface area contributed by atoms with Crippen LogP contribution in [0.5, 0.6) is 0 Å². The predicted molar refractivity (Wildman–Crippen MR) is 76.4 cm³/mol. The smallest absolute Gasteiger partial charge is 0.138 e. The van der Waals surface area contributed by atoms with Crippen LogP contribution in [0.2, 0.25) is 0 Å². The van der Waals surface area contributed by atoms with Gasteiger partial charge in [0.25, 0.3) is 0 Å². The van der Waals surface area contributed by atoms with Gasteiger partial charge in [0.05, 0.1) is 12.2 Å². The molecule has 4 nitrogen and oxygen atoms in total. The summed E-state index contributed by atoms with van der Waals surface area (Å²) in [5.41, 5.74) is 2.29. The lowest BCUT2D eigenvalue weighted by atomic mass is 10.0. The summed E-state index contributed by atoms with van der Waals surface area (Å²) in [5.74, 6) is 3.07. The summed E-state index contributed by atoms with van der Waals surface area (Å²) in [6.45, 7) is 8.13. The van der Waals surface area contributed by atoms with E-state index in [0.29, 0.717) is 6.04 Å². The van der Waals surface area contributed by atoms with Crippen molar-refractivity contribution in [3.8, 4) is 0 Å². The van der Waals surface area contributed by atoms with Crippen molar-refractivity contribution in [2.45, 2.75) is 52.6 Å². The fourth-order valence-electron chi connectivity index (χ4n) is 3.21. The van der Waals surface area contributed by atoms with Crippen LogP contribution < -0.4 is 0 Å². The normalized spacial score (nSPS) is 19.9. The molecule has 1 atom stereocenters. The van der Waals surface area contributed by atoms with E-state index in [9.17, 15) is 0 Å². The van der Waals surface area contributed by atoms with Crippen molar-refractivity contribution in [1.82, 2.24) is 10.1 Å². The number of rotatable bonds is 4. The molecule has 108 valence electrons. The zero-order chi connectivity index (χ0) is 14.1. The lowest BCUT2D eigenvalue weighted by Crippen LogP contribution is -2.23. The summed E-state index contributed by atoms with van der Waals surface area (Å²) >= 11 is 0. The third-order valence-electron chi connectivity index (χ3n) is 4.21. The zero-order valence-corrected chi connectivity index (χ0v) is 12.5. The maximum Gasteiger partial charge on any atom is 0.138 e. The van der Waals surface area contributed by atoms with Crippen LogP contribution in [0.3, 0.4) is 0 Å². The number of likely N-dealkylation sites (tertiary alicyclic amines) is 1. The highest BCUT2D eigenvalue weighted by Crippen LogP contribution is 2.36. The highest BCUT2D eigenvalue weighted by molar-refractivity contribution is 5.26. The van der Waals surface area contributed by atoms with E-state index in [1.54, 1.807) is 0 Å². The topological polar surface area (TPSA) is 42.4 Å². The van der Waals surface area contributed by atoms with Crippen LogP contribution in [-0.2, 0) is 13.0 Å². The fourth-order valence-corrected chi connectivity index (χ4v) is 3.21. The van der Waals surface area contributed by atoms with Crippen LogP contribution in [0.4, 0.5) is 0 Å². The summed E-state index contributed by atoms with van der Waals surface area (Å²) in [6, 6.07) is 4.59. The fraction of sp³-hybridized carbons (Fsp3) is 0.562. The largest absolute Gasteiger partial charge is 0.465 e. The van der Waals surface area contributed by atoms with Crippen molar-refractivity contribution in [3.63, 3.8) is 0 Å². The average molecular weight is 274 g/mol. The van der Waals surface area contributed by atoms with Gasteiger partial charge in [-0.05, 0) is 45.4 Å². The summed E-state index contributed by atoms with van der Waals surface area (Å²) in [7, 11) is 0. The van der Waals surface area contributed by atoms with Crippen molar-refractivity contribution in [1.29, 1.82) is 0 Å². The van der Waals surface area contributed by atoms with Crippen LogP contribution >= 0.6 is 0 Å². The first-order valence-electron chi connectivity index (χ1n) is 7.43. The SMILES string of the molecule is CCc1ccc(CN2CCC[C@H]2c2c(C)noc2C)o1. The monoisotopic (exact) mass is 274 g/mol. The number of aryl methyl sites for hydroxylation is 3. The maximum atomic E-state index is 5.84. The van der Waals surface area contributed by atoms with Crippen LogP contribution in [-0.4, -0.2) is 16.6 Å². The van der Waals surface area contributed by atoms with Gasteiger partial charge in [-0.15, -0.1) is 0 Å². The Kier molecular flexibility index (Phi) is 3.66. The molecule has 0 N–H and O–H groups in total. The van der Waals surface area contributed by atoms with Gasteiger partial charge >= 0.3 is 0 Å². The first-order valence-corrected chi connectivity index (χ1v) is 7.43. The second-order valence-electron chi connectivity index (χ2n) is 5.59. The molecule has 2 aromatic heterocycles. The highest BCUT2D eigenvalue weighted by Gasteiger charge is 2.31. The summed E-state index contributed by atoms with van der Waals surface area (Å²) in [5, 5.41) is 4.09. The minimum absolute atomic E-state index is 0.413. The lowest BCUT2D eigenvalue weighted by Gasteiger charge is -2.23. The quantitative estimate of drug-likeness (QED) is 0.850. The van der Waals surface area contributed by atoms with Gasteiger partial charge in [0, 0.05) is 18.0 Å². The van der Waals surface area contributed by atoms with Gasteiger partial charge in [-0.25, -0.2) is 0 Å². The Morgan fingerprint density at radius 1 is 1.30 bits per heavy atom. The molecule has 0 amide bonds. The van der Waals surface area contributed by atoms with E-state index in [-0.39, 0.29) is 0 Å². The van der Waals surface area contributed by atoms with E-state index in [2.05, 4.69) is 29.1 Å². The van der Waals surface area contributed by atoms with Gasteiger partial charge in [-0.3, -0.25) is 4.90 Å². The van der Waals surface area contributed by atoms with Crippen molar-refractivity contribution < 1.29 is 8.94 Å². The molecule has 1 aliphatic heterocycles. The standard InChI is InChI=1S/C16H22N2O2/c1-4-13-7-8-14(19-13)10-18-9-5-6-15(18)16-11(2)17-20-12(16)3/h7-8,15H,4-6,9-10H2,1-3H3/t15-/m0/s1. The van der Waals surface area contributed by atoms with Gasteiger partial charge < -0.3 is 8.94 Å². The van der Waals surface area contributed by atoms with Crippen LogP contribution in [0.1, 0.15) is 54.3 Å². The van der Waals surface area contributed by atoms with E-state index in [1.165, 1.54) is 18.4 Å². The number of hydrogen-bond donors (Lipinski definition) is 0. The minimum Gasteiger partial charge on any atom is -0.465 e. The van der Waals surface area contributed by atoms with Gasteiger partial charge in [0.1, 0.15) is 17.3 Å². The average Bonchev–Trinajstić information content (AvgIpc) is 3.13. The molecule has 0 unspecified atom stereocenters. The Bertz CT molecular complexity index is 566. The van der Waals surface area contributed by atoms with E-state index in [0.717, 1.165) is 42.5 Å². The molecule has 20 heavy (non-hydrogen) atoms. The van der Waals surface area contributed by atoms with Crippen molar-refractivity contribution in [3.05, 3.63) is 40.7 Å². The Hall–Kier alpha value is -1.55. The van der Waals surface area contributed by atoms with E-state index in [4.69, 9.17) is 8.94 Å². The molecule has 0 spiro atoms. The van der Waals surface area contributed by atoms with Gasteiger partial charge in [-0.1, -0.05) is 12.1 Å². The molecule has 3 heterocycles. The second kappa shape index (κ2) is 5.44. The van der Waals surface area contributed by atoms with Crippen LogP contribution in [0.15, 0.2) is 21.1 Å². The molecular weight excluding hydrogens is 252 g/mol. The molecule has 4 heteroatoms. The molecule has 0 saturated carbocycles. The van der Waals surface area contributed by atoms with Gasteiger partial charge in [0.15, 0.2) is 0 Å². The van der Waals surface area contributed by atoms with Gasteiger partial charge in [-0.2, -0.15) is 0 Å². The minimum atomic E-state index is 0.413. The van der Waals surface area contributed by atoms with Crippen LogP contribution in [0.25, 0.3) is 0 Å². The Balaban J connectivity index is 1.79. The third-order valence-corrected chi connectivity index (χ3v) is 4.21. The number of nitrogens with zero attached hydrogens (tertiary/aromatic N) is 2. The second-order valence-corrected chi connectivity index (χ2v) is 5.59. The number of furan rings is 1. The molecule has 2 aromatic rings. The van der Waals surface area contributed by atoms with Crippen LogP contribution in [0, 0.1) is 13.8 Å². The Morgan fingerprint density at radius 3 is 2.75 bits per heavy atom. The van der Waals surface area contributed by atoms with Crippen molar-refractivity contribution >= 4 is 0 Å². The summed E-state index contributed by atoms with van der Waals surface area (Å²) < 4.78 is 11.2. The number of hydrogen-bond acceptors (Lipinski definition) is 4. The first-order chi connectivity index (χ1) is 9.69.